The molecular formula is C16H19N3O2S. The van der Waals surface area contributed by atoms with Gasteiger partial charge in [-0.05, 0) is 25.0 Å². The van der Waals surface area contributed by atoms with E-state index in [0.717, 1.165) is 22.9 Å². The number of carbonyl (C=O) groups excluding carboxylic acids is 1. The molecule has 2 amide bonds. The van der Waals surface area contributed by atoms with E-state index in [1.807, 2.05) is 30.5 Å². The molecule has 1 atom stereocenters. The summed E-state index contributed by atoms with van der Waals surface area (Å²) in [5.41, 5.74) is 2.19. The standard InChI is InChI=1S/C16H19N3O2S/c1-11-10-22-15(19-11)8-18-16(20)17-7-12-6-13-4-2-3-5-14(13)21-9-12/h2-5,10,12H,6-9H2,1H3,(H2,17,18,20). The van der Waals surface area contributed by atoms with Crippen molar-refractivity contribution in [2.24, 2.45) is 5.92 Å². The molecule has 116 valence electrons. The van der Waals surface area contributed by atoms with Crippen molar-refractivity contribution >= 4 is 17.4 Å². The lowest BCUT2D eigenvalue weighted by Crippen LogP contribution is -2.40. The third kappa shape index (κ3) is 3.76. The number of benzene rings is 1. The molecule has 0 radical (unpaired) electrons. The number of aryl methyl sites for hydroxylation is 1. The first kappa shape index (κ1) is 14.8. The van der Waals surface area contributed by atoms with Crippen LogP contribution in [-0.2, 0) is 13.0 Å². The second kappa shape index (κ2) is 6.79. The zero-order valence-electron chi connectivity index (χ0n) is 12.5. The average molecular weight is 317 g/mol. The van der Waals surface area contributed by atoms with E-state index in [4.69, 9.17) is 4.74 Å². The molecule has 1 aliphatic heterocycles. The molecule has 22 heavy (non-hydrogen) atoms. The van der Waals surface area contributed by atoms with Crippen LogP contribution in [0.5, 0.6) is 5.75 Å². The summed E-state index contributed by atoms with van der Waals surface area (Å²) in [6.45, 7) is 3.66. The van der Waals surface area contributed by atoms with E-state index in [1.165, 1.54) is 5.56 Å². The highest BCUT2D eigenvalue weighted by atomic mass is 32.1. The number of nitrogens with one attached hydrogen (secondary N) is 2. The summed E-state index contributed by atoms with van der Waals surface area (Å²) in [4.78, 5) is 16.1. The summed E-state index contributed by atoms with van der Waals surface area (Å²) in [5.74, 6) is 1.27. The van der Waals surface area contributed by atoms with Gasteiger partial charge < -0.3 is 15.4 Å². The Morgan fingerprint density at radius 3 is 3.09 bits per heavy atom. The molecule has 3 rings (SSSR count). The van der Waals surface area contributed by atoms with Crippen LogP contribution < -0.4 is 15.4 Å². The average Bonchev–Trinajstić information content (AvgIpc) is 2.96. The van der Waals surface area contributed by atoms with E-state index in [2.05, 4.69) is 21.7 Å². The summed E-state index contributed by atoms with van der Waals surface area (Å²) >= 11 is 1.56. The predicted molar refractivity (Wildman–Crippen MR) is 86.2 cm³/mol. The monoisotopic (exact) mass is 317 g/mol. The Morgan fingerprint density at radius 1 is 1.41 bits per heavy atom. The molecule has 1 aromatic heterocycles. The minimum absolute atomic E-state index is 0.160. The zero-order chi connectivity index (χ0) is 15.4. The van der Waals surface area contributed by atoms with Gasteiger partial charge in [0.1, 0.15) is 10.8 Å². The maximum atomic E-state index is 11.8. The van der Waals surface area contributed by atoms with Crippen molar-refractivity contribution in [3.8, 4) is 5.75 Å². The fourth-order valence-corrected chi connectivity index (χ4v) is 3.17. The number of nitrogens with zero attached hydrogens (tertiary/aromatic N) is 1. The number of hydrogen-bond acceptors (Lipinski definition) is 4. The van der Waals surface area contributed by atoms with Crippen molar-refractivity contribution in [2.75, 3.05) is 13.2 Å². The Morgan fingerprint density at radius 2 is 2.27 bits per heavy atom. The molecule has 2 aromatic rings. The van der Waals surface area contributed by atoms with E-state index in [0.29, 0.717) is 25.6 Å². The third-order valence-electron chi connectivity index (χ3n) is 3.57. The maximum Gasteiger partial charge on any atom is 0.315 e. The van der Waals surface area contributed by atoms with Crippen molar-refractivity contribution in [3.63, 3.8) is 0 Å². The van der Waals surface area contributed by atoms with E-state index in [-0.39, 0.29) is 6.03 Å². The molecule has 1 aliphatic rings. The number of thiazole rings is 1. The first-order valence-corrected chi connectivity index (χ1v) is 8.22. The van der Waals surface area contributed by atoms with Gasteiger partial charge in [0, 0.05) is 23.5 Å². The van der Waals surface area contributed by atoms with Gasteiger partial charge in [-0.15, -0.1) is 11.3 Å². The van der Waals surface area contributed by atoms with Crippen molar-refractivity contribution in [3.05, 3.63) is 45.9 Å². The zero-order valence-corrected chi connectivity index (χ0v) is 13.3. The van der Waals surface area contributed by atoms with Gasteiger partial charge in [-0.1, -0.05) is 18.2 Å². The van der Waals surface area contributed by atoms with Crippen molar-refractivity contribution in [1.82, 2.24) is 15.6 Å². The van der Waals surface area contributed by atoms with Gasteiger partial charge in [0.25, 0.3) is 0 Å². The van der Waals surface area contributed by atoms with Crippen molar-refractivity contribution in [2.45, 2.75) is 19.9 Å². The van der Waals surface area contributed by atoms with E-state index >= 15 is 0 Å². The molecule has 2 N–H and O–H groups in total. The lowest BCUT2D eigenvalue weighted by atomic mass is 9.97. The number of aromatic nitrogens is 1. The normalized spacial score (nSPS) is 16.5. The smallest absolute Gasteiger partial charge is 0.315 e. The van der Waals surface area contributed by atoms with Crippen LogP contribution in [0, 0.1) is 12.8 Å². The molecule has 1 aromatic carbocycles. The number of carbonyl (C=O) groups is 1. The van der Waals surface area contributed by atoms with Crippen LogP contribution in [0.4, 0.5) is 4.79 Å². The van der Waals surface area contributed by atoms with Crippen LogP contribution in [0.3, 0.4) is 0 Å². The highest BCUT2D eigenvalue weighted by Crippen LogP contribution is 2.26. The van der Waals surface area contributed by atoms with Crippen LogP contribution >= 0.6 is 11.3 Å². The summed E-state index contributed by atoms with van der Waals surface area (Å²) in [6.07, 6.45) is 0.933. The predicted octanol–water partition coefficient (Wildman–Crippen LogP) is 2.50. The Labute approximate surface area is 133 Å². The number of para-hydroxylation sites is 1. The number of rotatable bonds is 4. The lowest BCUT2D eigenvalue weighted by Gasteiger charge is -2.25. The Kier molecular flexibility index (Phi) is 4.58. The molecule has 0 fully saturated rings. The molecule has 5 nitrogen and oxygen atoms in total. The Bertz CT molecular complexity index is 656. The second-order valence-electron chi connectivity index (χ2n) is 5.44. The van der Waals surface area contributed by atoms with E-state index in [1.54, 1.807) is 11.3 Å². The van der Waals surface area contributed by atoms with Crippen LogP contribution in [0.25, 0.3) is 0 Å². The number of urea groups is 1. The van der Waals surface area contributed by atoms with Gasteiger partial charge >= 0.3 is 6.03 Å². The molecule has 1 unspecified atom stereocenters. The van der Waals surface area contributed by atoms with Gasteiger partial charge in [0.2, 0.25) is 0 Å². The second-order valence-corrected chi connectivity index (χ2v) is 6.38. The highest BCUT2D eigenvalue weighted by molar-refractivity contribution is 7.09. The minimum Gasteiger partial charge on any atom is -0.493 e. The molecule has 0 bridgehead atoms. The Balaban J connectivity index is 1.42. The molecular weight excluding hydrogens is 298 g/mol. The van der Waals surface area contributed by atoms with Crippen LogP contribution in [0.2, 0.25) is 0 Å². The topological polar surface area (TPSA) is 63.2 Å². The SMILES string of the molecule is Cc1csc(CNC(=O)NCC2COc3ccccc3C2)n1. The third-order valence-corrected chi connectivity index (χ3v) is 4.54. The van der Waals surface area contributed by atoms with Gasteiger partial charge in [0.15, 0.2) is 0 Å². The molecule has 0 saturated carbocycles. The number of fused-ring (bicyclic) bond motifs is 1. The minimum atomic E-state index is -0.160. The fraction of sp³-hybridized carbons (Fsp3) is 0.375. The highest BCUT2D eigenvalue weighted by Gasteiger charge is 2.19. The van der Waals surface area contributed by atoms with Gasteiger partial charge in [-0.3, -0.25) is 0 Å². The summed E-state index contributed by atoms with van der Waals surface area (Å²) in [7, 11) is 0. The number of amides is 2. The van der Waals surface area contributed by atoms with Crippen LogP contribution in [0.1, 0.15) is 16.3 Å². The van der Waals surface area contributed by atoms with Gasteiger partial charge in [-0.25, -0.2) is 9.78 Å². The summed E-state index contributed by atoms with van der Waals surface area (Å²) in [5, 5.41) is 8.63. The largest absolute Gasteiger partial charge is 0.493 e. The lowest BCUT2D eigenvalue weighted by molar-refractivity contribution is 0.211. The Hall–Kier alpha value is -2.08. The molecule has 0 saturated heterocycles. The first-order valence-electron chi connectivity index (χ1n) is 7.34. The van der Waals surface area contributed by atoms with Crippen molar-refractivity contribution in [1.29, 1.82) is 0 Å². The summed E-state index contributed by atoms with van der Waals surface area (Å²) in [6, 6.07) is 7.90. The van der Waals surface area contributed by atoms with Crippen LogP contribution in [0.15, 0.2) is 29.6 Å². The van der Waals surface area contributed by atoms with E-state index < -0.39 is 0 Å². The quantitative estimate of drug-likeness (QED) is 0.911. The van der Waals surface area contributed by atoms with Crippen LogP contribution in [-0.4, -0.2) is 24.2 Å². The van der Waals surface area contributed by atoms with Gasteiger partial charge in [0.05, 0.1) is 13.2 Å². The summed E-state index contributed by atoms with van der Waals surface area (Å²) < 4.78 is 5.72. The first-order chi connectivity index (χ1) is 10.7. The van der Waals surface area contributed by atoms with E-state index in [9.17, 15) is 4.79 Å². The fourth-order valence-electron chi connectivity index (χ4n) is 2.46. The molecule has 2 heterocycles. The number of ether oxygens (including phenoxy) is 1. The maximum absolute atomic E-state index is 11.8. The van der Waals surface area contributed by atoms with Gasteiger partial charge in [-0.2, -0.15) is 0 Å². The molecule has 0 aliphatic carbocycles. The van der Waals surface area contributed by atoms with Crippen molar-refractivity contribution < 1.29 is 9.53 Å². The number of hydrogen-bond donors (Lipinski definition) is 2. The molecule has 0 spiro atoms. The molecule has 6 heteroatoms.